The van der Waals surface area contributed by atoms with Gasteiger partial charge in [0.05, 0.1) is 6.61 Å². The van der Waals surface area contributed by atoms with Crippen molar-refractivity contribution in [2.45, 2.75) is 32.9 Å². The molecule has 0 aliphatic heterocycles. The summed E-state index contributed by atoms with van der Waals surface area (Å²) in [5.41, 5.74) is 1.30. The second-order valence-electron chi connectivity index (χ2n) is 4.94. The minimum absolute atomic E-state index is 0.553. The van der Waals surface area contributed by atoms with E-state index in [-0.39, 0.29) is 0 Å². The largest absolute Gasteiger partial charge is 0.494 e. The average Bonchev–Trinajstić information content (AvgIpc) is 2.37. The SMILES string of the molecule is CCCOc1ccc(CNCC(C)N(C)C)cc1. The Morgan fingerprint density at radius 3 is 2.44 bits per heavy atom. The van der Waals surface area contributed by atoms with Crippen molar-refractivity contribution in [3.8, 4) is 5.75 Å². The Kier molecular flexibility index (Phi) is 6.76. The fraction of sp³-hybridized carbons (Fsp3) is 0.600. The molecule has 0 saturated heterocycles. The van der Waals surface area contributed by atoms with Crippen molar-refractivity contribution in [1.82, 2.24) is 10.2 Å². The van der Waals surface area contributed by atoms with Gasteiger partial charge in [-0.1, -0.05) is 19.1 Å². The van der Waals surface area contributed by atoms with Crippen LogP contribution in [0.1, 0.15) is 25.8 Å². The van der Waals surface area contributed by atoms with Gasteiger partial charge in [0.2, 0.25) is 0 Å². The molecule has 0 fully saturated rings. The van der Waals surface area contributed by atoms with Gasteiger partial charge in [0.15, 0.2) is 0 Å². The number of likely N-dealkylation sites (N-methyl/N-ethyl adjacent to an activating group) is 1. The second kappa shape index (κ2) is 8.11. The van der Waals surface area contributed by atoms with Crippen LogP contribution in [0.5, 0.6) is 5.75 Å². The van der Waals surface area contributed by atoms with E-state index in [0.29, 0.717) is 6.04 Å². The van der Waals surface area contributed by atoms with E-state index < -0.39 is 0 Å². The summed E-state index contributed by atoms with van der Waals surface area (Å²) >= 11 is 0. The van der Waals surface area contributed by atoms with E-state index in [9.17, 15) is 0 Å². The van der Waals surface area contributed by atoms with Crippen molar-refractivity contribution in [2.75, 3.05) is 27.2 Å². The van der Waals surface area contributed by atoms with E-state index in [2.05, 4.69) is 50.3 Å². The highest BCUT2D eigenvalue weighted by Crippen LogP contribution is 2.12. The van der Waals surface area contributed by atoms with Crippen LogP contribution in [-0.4, -0.2) is 38.2 Å². The first-order chi connectivity index (χ1) is 8.63. The zero-order valence-electron chi connectivity index (χ0n) is 12.1. The molecule has 1 unspecified atom stereocenters. The Morgan fingerprint density at radius 2 is 1.89 bits per heavy atom. The molecule has 1 aromatic carbocycles. The summed E-state index contributed by atoms with van der Waals surface area (Å²) in [4.78, 5) is 2.22. The molecule has 0 bridgehead atoms. The van der Waals surface area contributed by atoms with Crippen molar-refractivity contribution < 1.29 is 4.74 Å². The molecule has 0 saturated carbocycles. The van der Waals surface area contributed by atoms with Crippen LogP contribution in [0.15, 0.2) is 24.3 Å². The van der Waals surface area contributed by atoms with Crippen LogP contribution in [0, 0.1) is 0 Å². The molecule has 1 aromatic rings. The van der Waals surface area contributed by atoms with Gasteiger partial charge >= 0.3 is 0 Å². The van der Waals surface area contributed by atoms with Gasteiger partial charge in [0.25, 0.3) is 0 Å². The van der Waals surface area contributed by atoms with Gasteiger partial charge in [0.1, 0.15) is 5.75 Å². The first-order valence-corrected chi connectivity index (χ1v) is 6.72. The van der Waals surface area contributed by atoms with Gasteiger partial charge in [-0.2, -0.15) is 0 Å². The second-order valence-corrected chi connectivity index (χ2v) is 4.94. The van der Waals surface area contributed by atoms with Crippen molar-refractivity contribution in [3.05, 3.63) is 29.8 Å². The Balaban J connectivity index is 2.30. The van der Waals surface area contributed by atoms with Gasteiger partial charge in [-0.15, -0.1) is 0 Å². The number of nitrogens with one attached hydrogen (secondary N) is 1. The summed E-state index contributed by atoms with van der Waals surface area (Å²) < 4.78 is 5.56. The maximum Gasteiger partial charge on any atom is 0.119 e. The van der Waals surface area contributed by atoms with Crippen LogP contribution < -0.4 is 10.1 Å². The molecule has 0 aliphatic rings. The van der Waals surface area contributed by atoms with Gasteiger partial charge in [-0.3, -0.25) is 0 Å². The third kappa shape index (κ3) is 5.52. The smallest absolute Gasteiger partial charge is 0.119 e. The predicted octanol–water partition coefficient (Wildman–Crippen LogP) is 2.52. The van der Waals surface area contributed by atoms with Crippen LogP contribution >= 0.6 is 0 Å². The topological polar surface area (TPSA) is 24.5 Å². The monoisotopic (exact) mass is 250 g/mol. The van der Waals surface area contributed by atoms with Crippen molar-refractivity contribution in [3.63, 3.8) is 0 Å². The number of rotatable bonds is 8. The predicted molar refractivity (Wildman–Crippen MR) is 77.1 cm³/mol. The summed E-state index contributed by atoms with van der Waals surface area (Å²) in [6.07, 6.45) is 1.05. The molecule has 0 amide bonds. The normalized spacial score (nSPS) is 12.7. The van der Waals surface area contributed by atoms with E-state index in [1.54, 1.807) is 0 Å². The molecule has 1 N–H and O–H groups in total. The average molecular weight is 250 g/mol. The summed E-state index contributed by atoms with van der Waals surface area (Å²) in [7, 11) is 4.21. The van der Waals surface area contributed by atoms with Crippen LogP contribution in [0.4, 0.5) is 0 Å². The molecular formula is C15H26N2O. The molecule has 0 aromatic heterocycles. The third-order valence-corrected chi connectivity index (χ3v) is 3.05. The molecule has 1 atom stereocenters. The number of benzene rings is 1. The number of nitrogens with zero attached hydrogens (tertiary/aromatic N) is 1. The Bertz CT molecular complexity index is 322. The fourth-order valence-corrected chi connectivity index (χ4v) is 1.53. The maximum absolute atomic E-state index is 5.56. The lowest BCUT2D eigenvalue weighted by Gasteiger charge is -2.20. The summed E-state index contributed by atoms with van der Waals surface area (Å²) in [6.45, 7) is 7.03. The van der Waals surface area contributed by atoms with E-state index in [1.165, 1.54) is 5.56 Å². The minimum Gasteiger partial charge on any atom is -0.494 e. The highest BCUT2D eigenvalue weighted by molar-refractivity contribution is 5.27. The Morgan fingerprint density at radius 1 is 1.22 bits per heavy atom. The number of ether oxygens (including phenoxy) is 1. The van der Waals surface area contributed by atoms with E-state index >= 15 is 0 Å². The summed E-state index contributed by atoms with van der Waals surface area (Å²) in [5.74, 6) is 0.960. The molecule has 0 radical (unpaired) electrons. The van der Waals surface area contributed by atoms with E-state index in [1.807, 2.05) is 12.1 Å². The molecule has 0 spiro atoms. The van der Waals surface area contributed by atoms with Crippen LogP contribution in [0.2, 0.25) is 0 Å². The van der Waals surface area contributed by atoms with Crippen LogP contribution in [0.25, 0.3) is 0 Å². The van der Waals surface area contributed by atoms with Crippen molar-refractivity contribution in [2.24, 2.45) is 0 Å². The Labute approximate surface area is 111 Å². The lowest BCUT2D eigenvalue weighted by atomic mass is 10.2. The number of hydrogen-bond donors (Lipinski definition) is 1. The highest BCUT2D eigenvalue weighted by Gasteiger charge is 2.03. The van der Waals surface area contributed by atoms with Crippen molar-refractivity contribution >= 4 is 0 Å². The number of hydrogen-bond acceptors (Lipinski definition) is 3. The maximum atomic E-state index is 5.56. The van der Waals surface area contributed by atoms with Gasteiger partial charge in [-0.05, 0) is 45.1 Å². The molecule has 18 heavy (non-hydrogen) atoms. The van der Waals surface area contributed by atoms with Gasteiger partial charge in [0, 0.05) is 19.1 Å². The Hall–Kier alpha value is -1.06. The molecule has 102 valence electrons. The fourth-order valence-electron chi connectivity index (χ4n) is 1.53. The van der Waals surface area contributed by atoms with E-state index in [0.717, 1.165) is 31.9 Å². The molecular weight excluding hydrogens is 224 g/mol. The summed E-state index contributed by atoms with van der Waals surface area (Å²) in [5, 5.41) is 3.46. The van der Waals surface area contributed by atoms with Gasteiger partial charge in [-0.25, -0.2) is 0 Å². The standard InChI is InChI=1S/C15H26N2O/c1-5-10-18-15-8-6-14(7-9-15)12-16-11-13(2)17(3)4/h6-9,13,16H,5,10-12H2,1-4H3. The molecule has 0 aliphatic carbocycles. The summed E-state index contributed by atoms with van der Waals surface area (Å²) in [6, 6.07) is 8.89. The highest BCUT2D eigenvalue weighted by atomic mass is 16.5. The van der Waals surface area contributed by atoms with Crippen LogP contribution in [-0.2, 0) is 6.54 Å². The lowest BCUT2D eigenvalue weighted by Crippen LogP contribution is -2.35. The minimum atomic E-state index is 0.553. The first-order valence-electron chi connectivity index (χ1n) is 6.72. The van der Waals surface area contributed by atoms with Crippen molar-refractivity contribution in [1.29, 1.82) is 0 Å². The van der Waals surface area contributed by atoms with Gasteiger partial charge < -0.3 is 15.0 Å². The zero-order chi connectivity index (χ0) is 13.4. The zero-order valence-corrected chi connectivity index (χ0v) is 12.1. The first kappa shape index (κ1) is 15.0. The molecule has 3 heteroatoms. The lowest BCUT2D eigenvalue weighted by molar-refractivity contribution is 0.302. The van der Waals surface area contributed by atoms with E-state index in [4.69, 9.17) is 4.74 Å². The third-order valence-electron chi connectivity index (χ3n) is 3.05. The molecule has 1 rings (SSSR count). The molecule has 3 nitrogen and oxygen atoms in total. The quantitative estimate of drug-likeness (QED) is 0.767. The van der Waals surface area contributed by atoms with Crippen LogP contribution in [0.3, 0.4) is 0 Å². The molecule has 0 heterocycles.